The van der Waals surface area contributed by atoms with Gasteiger partial charge in [-0.25, -0.2) is 0 Å². The average Bonchev–Trinajstić information content (AvgIpc) is 3.58. The van der Waals surface area contributed by atoms with Crippen molar-refractivity contribution in [1.82, 2.24) is 4.40 Å². The van der Waals surface area contributed by atoms with Gasteiger partial charge in [-0.3, -0.25) is 0 Å². The molecule has 2 heteroatoms. The van der Waals surface area contributed by atoms with Crippen LogP contribution < -0.4 is 0 Å². The lowest BCUT2D eigenvalue weighted by Crippen LogP contribution is -1.84. The Hall–Kier alpha value is -4.40. The first-order valence-corrected chi connectivity index (χ1v) is 13.0. The molecule has 0 saturated carbocycles. The van der Waals surface area contributed by atoms with Gasteiger partial charge in [0.05, 0.1) is 16.7 Å². The summed E-state index contributed by atoms with van der Waals surface area (Å²) in [4.78, 5) is 0. The molecule has 3 heterocycles. The van der Waals surface area contributed by atoms with E-state index in [4.69, 9.17) is 0 Å². The largest absolute Gasteiger partial charge is 0.308 e. The lowest BCUT2D eigenvalue weighted by atomic mass is 9.95. The van der Waals surface area contributed by atoms with Crippen LogP contribution in [0.4, 0.5) is 0 Å². The highest BCUT2D eigenvalue weighted by molar-refractivity contribution is 7.26. The summed E-state index contributed by atoms with van der Waals surface area (Å²) in [6.07, 6.45) is 3.95. The van der Waals surface area contributed by atoms with Crippen molar-refractivity contribution in [2.45, 2.75) is 0 Å². The fourth-order valence-corrected chi connectivity index (χ4v) is 7.37. The number of fused-ring (bicyclic) bond motifs is 8. The van der Waals surface area contributed by atoms with Crippen LogP contribution in [0.25, 0.3) is 81.4 Å². The third kappa shape index (κ3) is 2.39. The van der Waals surface area contributed by atoms with Crippen LogP contribution in [0.15, 0.2) is 104 Å². The molecule has 0 spiro atoms. The van der Waals surface area contributed by atoms with Gasteiger partial charge in [0.1, 0.15) is 0 Å². The average molecular weight is 476 g/mol. The molecule has 0 aliphatic rings. The first-order valence-electron chi connectivity index (χ1n) is 12.2. The molecule has 0 atom stereocenters. The monoisotopic (exact) mass is 475 g/mol. The van der Waals surface area contributed by atoms with Gasteiger partial charge >= 0.3 is 0 Å². The summed E-state index contributed by atoms with van der Waals surface area (Å²) in [5, 5.41) is 9.06. The van der Waals surface area contributed by atoms with Crippen LogP contribution in [0.3, 0.4) is 0 Å². The van der Waals surface area contributed by atoms with Gasteiger partial charge < -0.3 is 4.40 Å². The maximum absolute atomic E-state index is 4.20. The van der Waals surface area contributed by atoms with Crippen molar-refractivity contribution < 1.29 is 0 Å². The summed E-state index contributed by atoms with van der Waals surface area (Å²) in [6, 6.07) is 33.3. The minimum Gasteiger partial charge on any atom is -0.308 e. The summed E-state index contributed by atoms with van der Waals surface area (Å²) >= 11 is 1.89. The Bertz CT molecular complexity index is 2190. The fourth-order valence-electron chi connectivity index (χ4n) is 6.15. The number of hydrogen-bond acceptors (Lipinski definition) is 1. The Kier molecular flexibility index (Phi) is 3.90. The zero-order valence-corrected chi connectivity index (χ0v) is 20.4. The second-order valence-electron chi connectivity index (χ2n) is 9.42. The van der Waals surface area contributed by atoms with E-state index in [1.54, 1.807) is 0 Å². The van der Waals surface area contributed by atoms with Crippen molar-refractivity contribution in [2.24, 2.45) is 0 Å². The molecule has 0 saturated heterocycles. The van der Waals surface area contributed by atoms with Gasteiger partial charge in [0.2, 0.25) is 0 Å². The second kappa shape index (κ2) is 7.07. The van der Waals surface area contributed by atoms with E-state index in [0.717, 1.165) is 11.3 Å². The quantitative estimate of drug-likeness (QED) is 0.239. The van der Waals surface area contributed by atoms with E-state index in [1.807, 2.05) is 23.5 Å². The zero-order chi connectivity index (χ0) is 24.0. The van der Waals surface area contributed by atoms with E-state index in [2.05, 4.69) is 109 Å². The number of aromatic nitrogens is 1. The number of hydrogen-bond donors (Lipinski definition) is 0. The smallest absolute Gasteiger partial charge is 0.0626 e. The van der Waals surface area contributed by atoms with Crippen molar-refractivity contribution in [3.63, 3.8) is 0 Å². The van der Waals surface area contributed by atoms with Gasteiger partial charge in [0.15, 0.2) is 0 Å². The number of thiophene rings is 1. The van der Waals surface area contributed by atoms with Crippen molar-refractivity contribution in [2.75, 3.05) is 0 Å². The molecule has 0 unspecified atom stereocenters. The first-order chi connectivity index (χ1) is 17.8. The molecule has 168 valence electrons. The van der Waals surface area contributed by atoms with Gasteiger partial charge in [-0.2, -0.15) is 0 Å². The lowest BCUT2D eigenvalue weighted by molar-refractivity contribution is 1.27. The predicted octanol–water partition coefficient (Wildman–Crippen LogP) is 10.2. The van der Waals surface area contributed by atoms with Crippen LogP contribution in [0.2, 0.25) is 0 Å². The molecule has 0 aliphatic heterocycles. The number of rotatable bonds is 3. The lowest BCUT2D eigenvalue weighted by Gasteiger charge is -2.07. The maximum Gasteiger partial charge on any atom is 0.0626 e. The van der Waals surface area contributed by atoms with Crippen molar-refractivity contribution in [3.8, 4) is 11.1 Å². The predicted molar refractivity (Wildman–Crippen MR) is 160 cm³/mol. The Balaban J connectivity index is 1.49. The molecule has 0 fully saturated rings. The molecule has 0 N–H and O–H groups in total. The van der Waals surface area contributed by atoms with Gasteiger partial charge in [-0.1, -0.05) is 92.0 Å². The highest BCUT2D eigenvalue weighted by Crippen LogP contribution is 2.45. The highest BCUT2D eigenvalue weighted by Gasteiger charge is 2.22. The molecule has 0 radical (unpaired) electrons. The van der Waals surface area contributed by atoms with Crippen LogP contribution in [0.1, 0.15) is 11.3 Å². The van der Waals surface area contributed by atoms with Gasteiger partial charge in [-0.15, -0.1) is 11.3 Å². The highest BCUT2D eigenvalue weighted by atomic mass is 32.1. The molecule has 0 aliphatic carbocycles. The molecule has 0 bridgehead atoms. The minimum absolute atomic E-state index is 1.10. The zero-order valence-electron chi connectivity index (χ0n) is 19.6. The van der Waals surface area contributed by atoms with Crippen LogP contribution in [0, 0.1) is 0 Å². The molecule has 3 aromatic heterocycles. The normalized spacial score (nSPS) is 12.1. The molecular formula is C34H21NS. The van der Waals surface area contributed by atoms with Gasteiger partial charge in [0, 0.05) is 41.9 Å². The molecule has 0 amide bonds. The van der Waals surface area contributed by atoms with E-state index >= 15 is 0 Å². The van der Waals surface area contributed by atoms with Crippen LogP contribution in [-0.2, 0) is 0 Å². The SMILES string of the molecule is C=Cc1c(C=C)n2c3ccccc3c3ccc(-c4ccc5sc6c7ccccc7ccc6c5c4)c1c32. The Morgan fingerprint density at radius 2 is 1.47 bits per heavy atom. The van der Waals surface area contributed by atoms with E-state index in [9.17, 15) is 0 Å². The van der Waals surface area contributed by atoms with E-state index in [-0.39, 0.29) is 0 Å². The van der Waals surface area contributed by atoms with Crippen molar-refractivity contribution >= 4 is 81.6 Å². The molecule has 8 rings (SSSR count). The van der Waals surface area contributed by atoms with E-state index in [0.29, 0.717) is 0 Å². The maximum atomic E-state index is 4.20. The summed E-state index contributed by atoms with van der Waals surface area (Å²) < 4.78 is 5.04. The molecular weight excluding hydrogens is 454 g/mol. The number of para-hydroxylation sites is 1. The van der Waals surface area contributed by atoms with Crippen molar-refractivity contribution in [1.29, 1.82) is 0 Å². The van der Waals surface area contributed by atoms with Crippen LogP contribution in [0.5, 0.6) is 0 Å². The minimum atomic E-state index is 1.10. The van der Waals surface area contributed by atoms with Gasteiger partial charge in [0.25, 0.3) is 0 Å². The topological polar surface area (TPSA) is 4.41 Å². The standard InChI is InChI=1S/C34H21NS/c1-3-22-29(4-2)35-30-12-8-7-11-25(30)26-17-16-23(32(22)33(26)35)21-14-18-31-28(19-21)27-15-13-20-9-5-6-10-24(20)34(27)36-31/h3-19H,1-2H2. The van der Waals surface area contributed by atoms with Crippen LogP contribution >= 0.6 is 11.3 Å². The molecule has 8 aromatic rings. The van der Waals surface area contributed by atoms with Crippen LogP contribution in [-0.4, -0.2) is 4.40 Å². The summed E-state index contributed by atoms with van der Waals surface area (Å²) in [6.45, 7) is 8.37. The van der Waals surface area contributed by atoms with Gasteiger partial charge in [-0.05, 0) is 46.2 Å². The number of nitrogens with zero attached hydrogens (tertiary/aromatic N) is 1. The third-order valence-corrected chi connectivity index (χ3v) is 8.91. The Morgan fingerprint density at radius 1 is 0.667 bits per heavy atom. The summed E-state index contributed by atoms with van der Waals surface area (Å²) in [5.41, 5.74) is 7.18. The Labute approximate surface area is 212 Å². The summed E-state index contributed by atoms with van der Waals surface area (Å²) in [7, 11) is 0. The van der Waals surface area contributed by atoms with E-state index < -0.39 is 0 Å². The third-order valence-electron chi connectivity index (χ3n) is 7.69. The molecule has 1 nitrogen and oxygen atoms in total. The van der Waals surface area contributed by atoms with Crippen molar-refractivity contribution in [3.05, 3.63) is 115 Å². The summed E-state index contributed by atoms with van der Waals surface area (Å²) in [5.74, 6) is 0. The first kappa shape index (κ1) is 19.9. The second-order valence-corrected chi connectivity index (χ2v) is 10.5. The molecule has 36 heavy (non-hydrogen) atoms. The molecule has 5 aromatic carbocycles. The van der Waals surface area contributed by atoms with E-state index in [1.165, 1.54) is 69.3 Å². The number of benzene rings is 5. The fraction of sp³-hybridized carbons (Fsp3) is 0. The Morgan fingerprint density at radius 3 is 2.33 bits per heavy atom.